The van der Waals surface area contributed by atoms with Gasteiger partial charge in [0.2, 0.25) is 0 Å². The first-order valence-electron chi connectivity index (χ1n) is 9.74. The van der Waals surface area contributed by atoms with Crippen LogP contribution in [-0.2, 0) is 0 Å². The molecule has 6 heteroatoms. The number of hydrogen-bond acceptors (Lipinski definition) is 5. The molecule has 0 saturated heterocycles. The van der Waals surface area contributed by atoms with Gasteiger partial charge < -0.3 is 14.1 Å². The minimum absolute atomic E-state index is 0.378. The Hall–Kier alpha value is -3.15. The molecule has 6 nitrogen and oxygen atoms in total. The number of fused-ring (bicyclic) bond motifs is 2. The molecule has 0 radical (unpaired) electrons. The predicted molar refractivity (Wildman–Crippen MR) is 110 cm³/mol. The number of aryl methyl sites for hydroxylation is 2. The molecule has 0 bridgehead atoms. The van der Waals surface area contributed by atoms with Gasteiger partial charge in [0.25, 0.3) is 0 Å². The van der Waals surface area contributed by atoms with Gasteiger partial charge >= 0.3 is 5.63 Å². The van der Waals surface area contributed by atoms with Gasteiger partial charge in [0.15, 0.2) is 5.65 Å². The summed E-state index contributed by atoms with van der Waals surface area (Å²) >= 11 is 0. The number of anilines is 1. The summed E-state index contributed by atoms with van der Waals surface area (Å²) in [4.78, 5) is 21.7. The van der Waals surface area contributed by atoms with Crippen molar-refractivity contribution in [2.24, 2.45) is 0 Å². The third kappa shape index (κ3) is 2.95. The summed E-state index contributed by atoms with van der Waals surface area (Å²) in [5.74, 6) is 0. The SMILES string of the molecule is Cc1cn2cc(-c3cc4ccc(NC5CCCC5)cc4oc3=O)nc2c(C)n1. The Bertz CT molecular complexity index is 1250. The average Bonchev–Trinajstić information content (AvgIpc) is 3.30. The lowest BCUT2D eigenvalue weighted by Crippen LogP contribution is -2.14. The zero-order chi connectivity index (χ0) is 19.3. The number of nitrogens with one attached hydrogen (secondary N) is 1. The van der Waals surface area contributed by atoms with E-state index >= 15 is 0 Å². The molecule has 0 amide bonds. The standard InChI is InChI=1S/C22H22N4O2/c1-13-11-26-12-19(25-21(26)14(2)23-13)18-9-15-7-8-17(10-20(15)28-22(18)27)24-16-5-3-4-6-16/h7-12,16,24H,3-6H2,1-2H3. The van der Waals surface area contributed by atoms with Gasteiger partial charge in [0, 0.05) is 35.6 Å². The molecule has 3 heterocycles. The van der Waals surface area contributed by atoms with E-state index in [2.05, 4.69) is 15.3 Å². The van der Waals surface area contributed by atoms with Crippen LogP contribution in [0.25, 0.3) is 27.9 Å². The Kier molecular flexibility index (Phi) is 3.93. The maximum Gasteiger partial charge on any atom is 0.345 e. The molecule has 3 aromatic heterocycles. The summed E-state index contributed by atoms with van der Waals surface area (Å²) in [6.45, 7) is 3.86. The molecule has 0 aliphatic heterocycles. The lowest BCUT2D eigenvalue weighted by atomic mass is 10.1. The fourth-order valence-electron chi connectivity index (χ4n) is 4.12. The normalized spacial score (nSPS) is 14.9. The molecule has 1 aliphatic rings. The van der Waals surface area contributed by atoms with Crippen molar-refractivity contribution in [1.82, 2.24) is 14.4 Å². The summed E-state index contributed by atoms with van der Waals surface area (Å²) in [6.07, 6.45) is 8.70. The van der Waals surface area contributed by atoms with Gasteiger partial charge in [0.05, 0.1) is 22.6 Å². The van der Waals surface area contributed by atoms with Crippen molar-refractivity contribution in [3.63, 3.8) is 0 Å². The number of aromatic nitrogens is 3. The minimum Gasteiger partial charge on any atom is -0.422 e. The second-order valence-corrected chi connectivity index (χ2v) is 7.65. The molecule has 1 N–H and O–H groups in total. The van der Waals surface area contributed by atoms with E-state index in [1.807, 2.05) is 54.9 Å². The van der Waals surface area contributed by atoms with Gasteiger partial charge in [0.1, 0.15) is 5.58 Å². The second kappa shape index (κ2) is 6.48. The van der Waals surface area contributed by atoms with Crippen LogP contribution in [0.15, 0.2) is 45.9 Å². The van der Waals surface area contributed by atoms with E-state index in [9.17, 15) is 4.79 Å². The van der Waals surface area contributed by atoms with Gasteiger partial charge in [-0.05, 0) is 44.9 Å². The van der Waals surface area contributed by atoms with Crippen LogP contribution in [0.2, 0.25) is 0 Å². The van der Waals surface area contributed by atoms with Crippen LogP contribution >= 0.6 is 0 Å². The van der Waals surface area contributed by atoms with Crippen LogP contribution < -0.4 is 10.9 Å². The quantitative estimate of drug-likeness (QED) is 0.536. The highest BCUT2D eigenvalue weighted by molar-refractivity contribution is 5.84. The molecular formula is C22H22N4O2. The third-order valence-electron chi connectivity index (χ3n) is 5.46. The van der Waals surface area contributed by atoms with Crippen LogP contribution in [0.4, 0.5) is 5.69 Å². The number of benzene rings is 1. The Morgan fingerprint density at radius 2 is 1.93 bits per heavy atom. The van der Waals surface area contributed by atoms with Crippen LogP contribution in [0, 0.1) is 13.8 Å². The summed E-state index contributed by atoms with van der Waals surface area (Å²) in [7, 11) is 0. The van der Waals surface area contributed by atoms with Gasteiger partial charge in [-0.3, -0.25) is 4.98 Å². The summed E-state index contributed by atoms with van der Waals surface area (Å²) in [6, 6.07) is 8.33. The van der Waals surface area contributed by atoms with Gasteiger partial charge in [-0.2, -0.15) is 0 Å². The Morgan fingerprint density at radius 1 is 1.11 bits per heavy atom. The maximum absolute atomic E-state index is 12.7. The Labute approximate surface area is 162 Å². The van der Waals surface area contributed by atoms with Crippen molar-refractivity contribution < 1.29 is 4.42 Å². The van der Waals surface area contributed by atoms with Gasteiger partial charge in [-0.25, -0.2) is 9.78 Å². The van der Waals surface area contributed by atoms with Crippen LogP contribution in [0.3, 0.4) is 0 Å². The first kappa shape index (κ1) is 17.0. The molecule has 1 saturated carbocycles. The fraction of sp³-hybridized carbons (Fsp3) is 0.318. The predicted octanol–water partition coefficient (Wildman–Crippen LogP) is 4.47. The minimum atomic E-state index is -0.378. The summed E-state index contributed by atoms with van der Waals surface area (Å²) in [5, 5.41) is 4.43. The van der Waals surface area contributed by atoms with Gasteiger partial charge in [-0.15, -0.1) is 0 Å². The van der Waals surface area contributed by atoms with Crippen molar-refractivity contribution >= 4 is 22.3 Å². The second-order valence-electron chi connectivity index (χ2n) is 7.65. The smallest absolute Gasteiger partial charge is 0.345 e. The number of nitrogens with zero attached hydrogens (tertiary/aromatic N) is 3. The fourth-order valence-corrected chi connectivity index (χ4v) is 4.12. The molecular weight excluding hydrogens is 352 g/mol. The third-order valence-corrected chi connectivity index (χ3v) is 5.46. The van der Waals surface area contributed by atoms with E-state index in [0.29, 0.717) is 22.9 Å². The van der Waals surface area contributed by atoms with Crippen LogP contribution in [0.1, 0.15) is 37.1 Å². The van der Waals surface area contributed by atoms with Crippen molar-refractivity contribution in [2.75, 3.05) is 5.32 Å². The van der Waals surface area contributed by atoms with E-state index in [1.54, 1.807) is 0 Å². The maximum atomic E-state index is 12.7. The number of hydrogen-bond donors (Lipinski definition) is 1. The molecule has 5 rings (SSSR count). The highest BCUT2D eigenvalue weighted by Gasteiger charge is 2.16. The van der Waals surface area contributed by atoms with E-state index in [-0.39, 0.29) is 5.63 Å². The van der Waals surface area contributed by atoms with Crippen molar-refractivity contribution in [3.05, 3.63) is 58.5 Å². The van der Waals surface area contributed by atoms with Crippen molar-refractivity contribution in [3.8, 4) is 11.3 Å². The molecule has 0 atom stereocenters. The molecule has 1 fully saturated rings. The van der Waals surface area contributed by atoms with E-state index in [4.69, 9.17) is 4.42 Å². The highest BCUT2D eigenvalue weighted by Crippen LogP contribution is 2.26. The first-order chi connectivity index (χ1) is 13.6. The lowest BCUT2D eigenvalue weighted by molar-refractivity contribution is 0.563. The monoisotopic (exact) mass is 374 g/mol. The molecule has 28 heavy (non-hydrogen) atoms. The molecule has 1 aliphatic carbocycles. The molecule has 1 aromatic carbocycles. The lowest BCUT2D eigenvalue weighted by Gasteiger charge is -2.13. The van der Waals surface area contributed by atoms with Crippen molar-refractivity contribution in [2.45, 2.75) is 45.6 Å². The van der Waals surface area contributed by atoms with Crippen LogP contribution in [-0.4, -0.2) is 20.4 Å². The van der Waals surface area contributed by atoms with E-state index in [0.717, 1.165) is 28.1 Å². The molecule has 0 spiro atoms. The summed E-state index contributed by atoms with van der Waals surface area (Å²) in [5.41, 5.74) is 4.76. The number of rotatable bonds is 3. The summed E-state index contributed by atoms with van der Waals surface area (Å²) < 4.78 is 7.55. The number of imidazole rings is 1. The first-order valence-corrected chi connectivity index (χ1v) is 9.74. The van der Waals surface area contributed by atoms with Gasteiger partial charge in [-0.1, -0.05) is 12.8 Å². The van der Waals surface area contributed by atoms with Crippen LogP contribution in [0.5, 0.6) is 0 Å². The van der Waals surface area contributed by atoms with E-state index in [1.165, 1.54) is 25.7 Å². The zero-order valence-corrected chi connectivity index (χ0v) is 16.0. The molecule has 4 aromatic rings. The Morgan fingerprint density at radius 3 is 2.75 bits per heavy atom. The Balaban J connectivity index is 1.56. The average molecular weight is 374 g/mol. The largest absolute Gasteiger partial charge is 0.422 e. The molecule has 142 valence electrons. The van der Waals surface area contributed by atoms with E-state index < -0.39 is 0 Å². The van der Waals surface area contributed by atoms with Crippen molar-refractivity contribution in [1.29, 1.82) is 0 Å². The zero-order valence-electron chi connectivity index (χ0n) is 16.0. The highest BCUT2D eigenvalue weighted by atomic mass is 16.4. The topological polar surface area (TPSA) is 72.4 Å². The molecule has 0 unspecified atom stereocenters.